The Morgan fingerprint density at radius 3 is 2.52 bits per heavy atom. The molecule has 2 N–H and O–H groups in total. The molecule has 0 aliphatic heterocycles. The maximum atomic E-state index is 13.8. The number of rotatable bonds is 4. The zero-order valence-corrected chi connectivity index (χ0v) is 11.6. The van der Waals surface area contributed by atoms with Crippen molar-refractivity contribution in [2.45, 2.75) is 25.2 Å². The van der Waals surface area contributed by atoms with Gasteiger partial charge in [-0.3, -0.25) is 4.79 Å². The molecule has 2 aromatic rings. The standard InChI is InChI=1S/C16H15FN2O2/c1-16(6-7-16)11-2-4-12(5-3-11)21-15-13(17)8-10(9-19-15)14(18)20/h2-5,8-9H,6-7H2,1H3,(H2,18,20). The molecule has 1 aliphatic carbocycles. The first kappa shape index (κ1) is 13.5. The number of nitrogens with zero attached hydrogens (tertiary/aromatic N) is 1. The van der Waals surface area contributed by atoms with Crippen molar-refractivity contribution < 1.29 is 13.9 Å². The minimum absolute atomic E-state index is 0.0110. The molecule has 4 nitrogen and oxygen atoms in total. The van der Waals surface area contributed by atoms with Crippen LogP contribution in [0.4, 0.5) is 4.39 Å². The molecule has 1 aliphatic rings. The van der Waals surface area contributed by atoms with Crippen LogP contribution in [0.3, 0.4) is 0 Å². The van der Waals surface area contributed by atoms with Gasteiger partial charge in [0, 0.05) is 6.20 Å². The molecule has 1 heterocycles. The molecule has 0 spiro atoms. The van der Waals surface area contributed by atoms with Crippen LogP contribution in [0, 0.1) is 5.82 Å². The van der Waals surface area contributed by atoms with Crippen LogP contribution in [-0.4, -0.2) is 10.9 Å². The van der Waals surface area contributed by atoms with E-state index in [0.717, 1.165) is 6.07 Å². The van der Waals surface area contributed by atoms with E-state index in [9.17, 15) is 9.18 Å². The Hall–Kier alpha value is -2.43. The number of ether oxygens (including phenoxy) is 1. The van der Waals surface area contributed by atoms with Crippen molar-refractivity contribution in [3.63, 3.8) is 0 Å². The van der Waals surface area contributed by atoms with Gasteiger partial charge in [-0.25, -0.2) is 9.37 Å². The molecule has 1 amide bonds. The van der Waals surface area contributed by atoms with Crippen LogP contribution < -0.4 is 10.5 Å². The van der Waals surface area contributed by atoms with Gasteiger partial charge < -0.3 is 10.5 Å². The minimum Gasteiger partial charge on any atom is -0.436 e. The molecule has 21 heavy (non-hydrogen) atoms. The predicted molar refractivity (Wildman–Crippen MR) is 75.8 cm³/mol. The van der Waals surface area contributed by atoms with E-state index in [1.807, 2.05) is 12.1 Å². The van der Waals surface area contributed by atoms with Crippen molar-refractivity contribution in [3.05, 3.63) is 53.5 Å². The van der Waals surface area contributed by atoms with Crippen LogP contribution in [0.5, 0.6) is 11.6 Å². The summed E-state index contributed by atoms with van der Waals surface area (Å²) in [6.45, 7) is 2.21. The molecule has 0 bridgehead atoms. The molecule has 3 rings (SSSR count). The number of carbonyl (C=O) groups is 1. The third kappa shape index (κ3) is 2.72. The zero-order valence-electron chi connectivity index (χ0n) is 11.6. The Morgan fingerprint density at radius 1 is 1.33 bits per heavy atom. The minimum atomic E-state index is -0.727. The largest absolute Gasteiger partial charge is 0.436 e. The molecule has 0 radical (unpaired) electrons. The Labute approximate surface area is 121 Å². The highest BCUT2D eigenvalue weighted by Gasteiger charge is 2.38. The van der Waals surface area contributed by atoms with Gasteiger partial charge in [0.2, 0.25) is 5.91 Å². The van der Waals surface area contributed by atoms with Gasteiger partial charge in [0.15, 0.2) is 5.82 Å². The van der Waals surface area contributed by atoms with E-state index < -0.39 is 11.7 Å². The second-order valence-corrected chi connectivity index (χ2v) is 5.56. The number of amides is 1. The summed E-state index contributed by atoms with van der Waals surface area (Å²) < 4.78 is 19.2. The van der Waals surface area contributed by atoms with Crippen LogP contribution in [-0.2, 0) is 5.41 Å². The maximum Gasteiger partial charge on any atom is 0.255 e. The summed E-state index contributed by atoms with van der Waals surface area (Å²) in [6, 6.07) is 8.57. The first-order chi connectivity index (χ1) is 9.98. The van der Waals surface area contributed by atoms with Crippen LogP contribution in [0.15, 0.2) is 36.5 Å². The molecular weight excluding hydrogens is 271 g/mol. The van der Waals surface area contributed by atoms with Crippen molar-refractivity contribution in [2.75, 3.05) is 0 Å². The van der Waals surface area contributed by atoms with Crippen LogP contribution in [0.25, 0.3) is 0 Å². The SMILES string of the molecule is CC1(c2ccc(Oc3ncc(C(N)=O)cc3F)cc2)CC1. The third-order valence-corrected chi connectivity index (χ3v) is 3.86. The Kier molecular flexibility index (Phi) is 3.12. The molecular formula is C16H15FN2O2. The normalized spacial score (nSPS) is 15.5. The second-order valence-electron chi connectivity index (χ2n) is 5.56. The summed E-state index contributed by atoms with van der Waals surface area (Å²) >= 11 is 0. The molecule has 0 unspecified atom stereocenters. The average Bonchev–Trinajstić information content (AvgIpc) is 3.21. The van der Waals surface area contributed by atoms with E-state index >= 15 is 0 Å². The summed E-state index contributed by atoms with van der Waals surface area (Å²) in [6.07, 6.45) is 3.58. The monoisotopic (exact) mass is 286 g/mol. The molecule has 108 valence electrons. The van der Waals surface area contributed by atoms with Gasteiger partial charge >= 0.3 is 0 Å². The summed E-state index contributed by atoms with van der Waals surface area (Å²) in [5.41, 5.74) is 6.61. The van der Waals surface area contributed by atoms with Gasteiger partial charge in [0.05, 0.1) is 5.56 Å². The Balaban J connectivity index is 1.78. The van der Waals surface area contributed by atoms with Gasteiger partial charge in [0.1, 0.15) is 5.75 Å². The number of benzene rings is 1. The molecule has 1 aromatic carbocycles. The van der Waals surface area contributed by atoms with Crippen LogP contribution >= 0.6 is 0 Å². The number of halogens is 1. The fourth-order valence-electron chi connectivity index (χ4n) is 2.15. The first-order valence-electron chi connectivity index (χ1n) is 6.72. The average molecular weight is 286 g/mol. The van der Waals surface area contributed by atoms with Gasteiger partial charge in [-0.1, -0.05) is 19.1 Å². The smallest absolute Gasteiger partial charge is 0.255 e. The van der Waals surface area contributed by atoms with Crippen molar-refractivity contribution in [1.29, 1.82) is 0 Å². The summed E-state index contributed by atoms with van der Waals surface area (Å²) in [7, 11) is 0. The highest BCUT2D eigenvalue weighted by molar-refractivity contribution is 5.92. The van der Waals surface area contributed by atoms with Crippen LogP contribution in [0.2, 0.25) is 0 Å². The Bertz CT molecular complexity index is 694. The van der Waals surface area contributed by atoms with Crippen molar-refractivity contribution >= 4 is 5.91 Å². The third-order valence-electron chi connectivity index (χ3n) is 3.86. The van der Waals surface area contributed by atoms with Gasteiger partial charge in [0.25, 0.3) is 5.88 Å². The first-order valence-corrected chi connectivity index (χ1v) is 6.72. The molecule has 1 saturated carbocycles. The number of nitrogens with two attached hydrogens (primary N) is 1. The van der Waals surface area contributed by atoms with E-state index in [4.69, 9.17) is 10.5 Å². The molecule has 0 saturated heterocycles. The lowest BCUT2D eigenvalue weighted by Crippen LogP contribution is -2.11. The van der Waals surface area contributed by atoms with Crippen LogP contribution in [0.1, 0.15) is 35.7 Å². The fraction of sp³-hybridized carbons (Fsp3) is 0.250. The number of carbonyl (C=O) groups excluding carboxylic acids is 1. The Morgan fingerprint density at radius 2 is 2.00 bits per heavy atom. The number of pyridine rings is 1. The van der Waals surface area contributed by atoms with Crippen molar-refractivity contribution in [1.82, 2.24) is 4.98 Å². The van der Waals surface area contributed by atoms with E-state index in [2.05, 4.69) is 11.9 Å². The topological polar surface area (TPSA) is 65.2 Å². The van der Waals surface area contributed by atoms with E-state index in [1.54, 1.807) is 12.1 Å². The number of aromatic nitrogens is 1. The summed E-state index contributed by atoms with van der Waals surface area (Å²) in [5, 5.41) is 0. The highest BCUT2D eigenvalue weighted by Crippen LogP contribution is 2.47. The van der Waals surface area contributed by atoms with Gasteiger partial charge in [-0.15, -0.1) is 0 Å². The maximum absolute atomic E-state index is 13.8. The van der Waals surface area contributed by atoms with Gasteiger partial charge in [-0.2, -0.15) is 0 Å². The molecule has 5 heteroatoms. The lowest BCUT2D eigenvalue weighted by molar-refractivity contribution is 0.0999. The number of hydrogen-bond acceptors (Lipinski definition) is 3. The number of hydrogen-bond donors (Lipinski definition) is 1. The van der Waals surface area contributed by atoms with Crippen molar-refractivity contribution in [2.24, 2.45) is 5.73 Å². The lowest BCUT2D eigenvalue weighted by atomic mass is 9.99. The molecule has 0 atom stereocenters. The fourth-order valence-corrected chi connectivity index (χ4v) is 2.15. The van der Waals surface area contributed by atoms with Crippen molar-refractivity contribution in [3.8, 4) is 11.6 Å². The molecule has 1 aromatic heterocycles. The predicted octanol–water partition coefficient (Wildman–Crippen LogP) is 3.16. The quantitative estimate of drug-likeness (QED) is 0.938. The highest BCUT2D eigenvalue weighted by atomic mass is 19.1. The second kappa shape index (κ2) is 4.84. The summed E-state index contributed by atoms with van der Waals surface area (Å²) in [5.74, 6) is -1.12. The number of primary amides is 1. The van der Waals surface area contributed by atoms with Gasteiger partial charge in [-0.05, 0) is 42.0 Å². The summed E-state index contributed by atoms with van der Waals surface area (Å²) in [4.78, 5) is 14.7. The van der Waals surface area contributed by atoms with E-state index in [0.29, 0.717) is 5.75 Å². The zero-order chi connectivity index (χ0) is 15.0. The molecule has 1 fully saturated rings. The van der Waals surface area contributed by atoms with E-state index in [1.165, 1.54) is 24.6 Å². The lowest BCUT2D eigenvalue weighted by Gasteiger charge is -2.10. The van der Waals surface area contributed by atoms with E-state index in [-0.39, 0.29) is 16.9 Å².